The highest BCUT2D eigenvalue weighted by Gasteiger charge is 2.40. The number of anilines is 1. The highest BCUT2D eigenvalue weighted by molar-refractivity contribution is 9.10. The van der Waals surface area contributed by atoms with Crippen molar-refractivity contribution in [3.05, 3.63) is 28.0 Å². The van der Waals surface area contributed by atoms with Crippen LogP contribution in [0.1, 0.15) is 26.3 Å². The number of carboxylic acid groups (broad SMARTS) is 1. The largest absolute Gasteiger partial charge is 0.481 e. The van der Waals surface area contributed by atoms with Crippen LogP contribution in [0.5, 0.6) is 0 Å². The Balaban J connectivity index is 3.55. The first-order chi connectivity index (χ1) is 7.71. The predicted octanol–water partition coefficient (Wildman–Crippen LogP) is 3.17. The van der Waals surface area contributed by atoms with Gasteiger partial charge in [0.05, 0.1) is 11.1 Å². The maximum absolute atomic E-state index is 13.4. The molecular formula is C12H15BrFNO2. The number of rotatable bonds is 3. The van der Waals surface area contributed by atoms with Gasteiger partial charge in [0.15, 0.2) is 0 Å². The molecule has 1 aromatic carbocycles. The summed E-state index contributed by atoms with van der Waals surface area (Å²) in [6.07, 6.45) is 0. The zero-order valence-electron chi connectivity index (χ0n) is 9.92. The van der Waals surface area contributed by atoms with E-state index in [0.29, 0.717) is 10.0 Å². The van der Waals surface area contributed by atoms with Crippen LogP contribution in [0.15, 0.2) is 16.6 Å². The zero-order valence-corrected chi connectivity index (χ0v) is 11.5. The molecule has 5 heteroatoms. The van der Waals surface area contributed by atoms with E-state index in [-0.39, 0.29) is 11.6 Å². The number of nitrogen functional groups attached to an aromatic ring is 1. The highest BCUT2D eigenvalue weighted by Crippen LogP contribution is 2.39. The number of benzene rings is 1. The second kappa shape index (κ2) is 4.64. The van der Waals surface area contributed by atoms with Crippen LogP contribution < -0.4 is 5.73 Å². The summed E-state index contributed by atoms with van der Waals surface area (Å²) in [7, 11) is 0. The van der Waals surface area contributed by atoms with Gasteiger partial charge in [-0.05, 0) is 46.5 Å². The van der Waals surface area contributed by atoms with Gasteiger partial charge in [-0.25, -0.2) is 4.39 Å². The molecule has 0 bridgehead atoms. The van der Waals surface area contributed by atoms with E-state index in [4.69, 9.17) is 5.73 Å². The van der Waals surface area contributed by atoms with Gasteiger partial charge in [0.1, 0.15) is 5.82 Å². The molecule has 0 radical (unpaired) electrons. The summed E-state index contributed by atoms with van der Waals surface area (Å²) in [6.45, 7) is 5.09. The Hall–Kier alpha value is -1.10. The Morgan fingerprint density at radius 1 is 1.53 bits per heavy atom. The van der Waals surface area contributed by atoms with Crippen molar-refractivity contribution in [3.63, 3.8) is 0 Å². The molecule has 17 heavy (non-hydrogen) atoms. The highest BCUT2D eigenvalue weighted by atomic mass is 79.9. The van der Waals surface area contributed by atoms with Gasteiger partial charge in [0, 0.05) is 4.47 Å². The van der Waals surface area contributed by atoms with Crippen LogP contribution >= 0.6 is 15.9 Å². The summed E-state index contributed by atoms with van der Waals surface area (Å²) in [5.41, 5.74) is 5.19. The molecule has 1 aromatic rings. The predicted molar refractivity (Wildman–Crippen MR) is 68.3 cm³/mol. The summed E-state index contributed by atoms with van der Waals surface area (Å²) in [5, 5.41) is 9.37. The molecule has 0 aliphatic heterocycles. The maximum Gasteiger partial charge on any atom is 0.314 e. The second-order valence-corrected chi connectivity index (χ2v) is 5.37. The minimum atomic E-state index is -1.21. The van der Waals surface area contributed by atoms with E-state index in [2.05, 4.69) is 15.9 Å². The molecular weight excluding hydrogens is 289 g/mol. The molecule has 1 unspecified atom stereocenters. The van der Waals surface area contributed by atoms with Gasteiger partial charge >= 0.3 is 5.97 Å². The van der Waals surface area contributed by atoms with Crippen molar-refractivity contribution in [3.8, 4) is 0 Å². The number of nitrogens with two attached hydrogens (primary N) is 1. The average Bonchev–Trinajstić information content (AvgIpc) is 2.21. The Morgan fingerprint density at radius 3 is 2.47 bits per heavy atom. The van der Waals surface area contributed by atoms with E-state index in [1.165, 1.54) is 12.1 Å². The molecule has 1 rings (SSSR count). The average molecular weight is 304 g/mol. The van der Waals surface area contributed by atoms with E-state index in [1.807, 2.05) is 0 Å². The van der Waals surface area contributed by atoms with Crippen molar-refractivity contribution < 1.29 is 14.3 Å². The van der Waals surface area contributed by atoms with Crippen LogP contribution in [0.25, 0.3) is 0 Å². The van der Waals surface area contributed by atoms with Gasteiger partial charge in [-0.3, -0.25) is 4.79 Å². The third-order valence-electron chi connectivity index (χ3n) is 3.25. The topological polar surface area (TPSA) is 63.3 Å². The Bertz CT molecular complexity index is 462. The first kappa shape index (κ1) is 14.0. The fourth-order valence-electron chi connectivity index (χ4n) is 1.69. The lowest BCUT2D eigenvalue weighted by Crippen LogP contribution is -2.38. The van der Waals surface area contributed by atoms with Gasteiger partial charge in [-0.2, -0.15) is 0 Å². The lowest BCUT2D eigenvalue weighted by Gasteiger charge is -2.31. The number of halogens is 2. The number of aliphatic carboxylic acids is 1. The van der Waals surface area contributed by atoms with Crippen molar-refractivity contribution in [2.75, 3.05) is 5.73 Å². The molecule has 0 saturated carbocycles. The first-order valence-electron chi connectivity index (χ1n) is 5.19. The number of hydrogen-bond acceptors (Lipinski definition) is 2. The number of carbonyl (C=O) groups is 1. The summed E-state index contributed by atoms with van der Waals surface area (Å²) in [6, 6.07) is 2.41. The quantitative estimate of drug-likeness (QED) is 0.843. The number of carboxylic acids is 1. The minimum Gasteiger partial charge on any atom is -0.481 e. The third kappa shape index (κ3) is 2.29. The zero-order chi connectivity index (χ0) is 13.4. The van der Waals surface area contributed by atoms with Crippen LogP contribution in [0, 0.1) is 11.7 Å². The summed E-state index contributed by atoms with van der Waals surface area (Å²) < 4.78 is 13.8. The molecule has 0 heterocycles. The Kier molecular flexibility index (Phi) is 3.81. The van der Waals surface area contributed by atoms with Gasteiger partial charge < -0.3 is 10.8 Å². The maximum atomic E-state index is 13.4. The Morgan fingerprint density at radius 2 is 2.06 bits per heavy atom. The fourth-order valence-corrected chi connectivity index (χ4v) is 2.12. The van der Waals surface area contributed by atoms with Crippen molar-refractivity contribution in [2.45, 2.75) is 26.2 Å². The molecule has 3 nitrogen and oxygen atoms in total. The standard InChI is InChI=1S/C12H15BrFNO2/c1-6(2)12(3,11(16)17)8-4-7(14)5-9(13)10(8)15/h4-6H,15H2,1-3H3,(H,16,17). The van der Waals surface area contributed by atoms with Crippen molar-refractivity contribution in [2.24, 2.45) is 5.92 Å². The van der Waals surface area contributed by atoms with E-state index < -0.39 is 17.2 Å². The second-order valence-electron chi connectivity index (χ2n) is 4.51. The van der Waals surface area contributed by atoms with E-state index >= 15 is 0 Å². The molecule has 0 saturated heterocycles. The van der Waals surface area contributed by atoms with E-state index in [9.17, 15) is 14.3 Å². The smallest absolute Gasteiger partial charge is 0.314 e. The molecule has 0 amide bonds. The van der Waals surface area contributed by atoms with Crippen LogP contribution in [-0.4, -0.2) is 11.1 Å². The van der Waals surface area contributed by atoms with Gasteiger partial charge in [-0.15, -0.1) is 0 Å². The Labute approximate surface area is 108 Å². The lowest BCUT2D eigenvalue weighted by atomic mass is 9.73. The fraction of sp³-hybridized carbons (Fsp3) is 0.417. The molecule has 0 aliphatic rings. The summed E-state index contributed by atoms with van der Waals surface area (Å²) in [4.78, 5) is 11.4. The van der Waals surface area contributed by atoms with Gasteiger partial charge in [0.25, 0.3) is 0 Å². The molecule has 94 valence electrons. The van der Waals surface area contributed by atoms with Gasteiger partial charge in [-0.1, -0.05) is 13.8 Å². The molecule has 0 aliphatic carbocycles. The van der Waals surface area contributed by atoms with Crippen molar-refractivity contribution >= 4 is 27.6 Å². The summed E-state index contributed by atoms with van der Waals surface area (Å²) >= 11 is 3.13. The monoisotopic (exact) mass is 303 g/mol. The molecule has 0 spiro atoms. The number of hydrogen-bond donors (Lipinski definition) is 2. The van der Waals surface area contributed by atoms with Crippen LogP contribution in [0.4, 0.5) is 10.1 Å². The molecule has 0 aromatic heterocycles. The van der Waals surface area contributed by atoms with E-state index in [1.54, 1.807) is 20.8 Å². The third-order valence-corrected chi connectivity index (χ3v) is 3.91. The van der Waals surface area contributed by atoms with Crippen LogP contribution in [0.3, 0.4) is 0 Å². The SMILES string of the molecule is CC(C)C(C)(C(=O)O)c1cc(F)cc(Br)c1N. The molecule has 3 N–H and O–H groups in total. The normalized spacial score (nSPS) is 14.7. The van der Waals surface area contributed by atoms with Crippen molar-refractivity contribution in [1.82, 2.24) is 0 Å². The van der Waals surface area contributed by atoms with Crippen LogP contribution in [0.2, 0.25) is 0 Å². The van der Waals surface area contributed by atoms with Crippen LogP contribution in [-0.2, 0) is 10.2 Å². The minimum absolute atomic E-state index is 0.212. The van der Waals surface area contributed by atoms with E-state index in [0.717, 1.165) is 0 Å². The first-order valence-corrected chi connectivity index (χ1v) is 5.99. The van der Waals surface area contributed by atoms with Crippen molar-refractivity contribution in [1.29, 1.82) is 0 Å². The molecule has 1 atom stereocenters. The molecule has 0 fully saturated rings. The summed E-state index contributed by atoms with van der Waals surface area (Å²) in [5.74, 6) is -1.73. The lowest BCUT2D eigenvalue weighted by molar-refractivity contribution is -0.144. The van der Waals surface area contributed by atoms with Gasteiger partial charge in [0.2, 0.25) is 0 Å².